The molecule has 1 N–H and O–H groups in total. The van der Waals surface area contributed by atoms with Crippen LogP contribution in [0.4, 0.5) is 5.69 Å². The Morgan fingerprint density at radius 2 is 1.67 bits per heavy atom. The molecule has 0 saturated heterocycles. The number of nitrogens with zero attached hydrogens (tertiary/aromatic N) is 2. The number of anilines is 1. The maximum absolute atomic E-state index is 13.9. The summed E-state index contributed by atoms with van der Waals surface area (Å²) in [5.41, 5.74) is 0.919. The number of hydrogen-bond acceptors (Lipinski definition) is 5. The number of carbonyl (C=O) groups is 2. The quantitative estimate of drug-likeness (QED) is 0.314. The van der Waals surface area contributed by atoms with Gasteiger partial charge < -0.3 is 15.0 Å². The number of methoxy groups -OCH3 is 1. The number of amides is 2. The molecular weight excluding hydrogens is 561 g/mol. The van der Waals surface area contributed by atoms with Crippen LogP contribution in [-0.2, 0) is 26.2 Å². The predicted molar refractivity (Wildman–Crippen MR) is 154 cm³/mol. The second kappa shape index (κ2) is 13.7. The van der Waals surface area contributed by atoms with Crippen molar-refractivity contribution < 1.29 is 22.7 Å². The molecule has 11 heteroatoms. The fourth-order valence-electron chi connectivity index (χ4n) is 3.84. The second-order valence-corrected chi connectivity index (χ2v) is 11.5. The summed E-state index contributed by atoms with van der Waals surface area (Å²) in [6.45, 7) is 3.47. The molecule has 3 aromatic rings. The molecule has 3 rings (SSSR count). The van der Waals surface area contributed by atoms with Gasteiger partial charge in [0, 0.05) is 23.1 Å². The molecule has 39 heavy (non-hydrogen) atoms. The molecule has 3 aromatic carbocycles. The average molecular weight is 593 g/mol. The van der Waals surface area contributed by atoms with Crippen LogP contribution in [0.1, 0.15) is 25.8 Å². The van der Waals surface area contributed by atoms with Crippen molar-refractivity contribution in [2.45, 2.75) is 37.8 Å². The van der Waals surface area contributed by atoms with E-state index in [9.17, 15) is 18.0 Å². The Balaban J connectivity index is 2.02. The summed E-state index contributed by atoms with van der Waals surface area (Å²) < 4.78 is 33.8. The van der Waals surface area contributed by atoms with Crippen LogP contribution in [0.3, 0.4) is 0 Å². The van der Waals surface area contributed by atoms with Gasteiger partial charge in [-0.25, -0.2) is 8.42 Å². The third-order valence-corrected chi connectivity index (χ3v) is 8.26. The van der Waals surface area contributed by atoms with Gasteiger partial charge in [0.2, 0.25) is 11.8 Å². The number of nitrogens with one attached hydrogen (secondary N) is 1. The van der Waals surface area contributed by atoms with Crippen LogP contribution in [0.25, 0.3) is 0 Å². The lowest BCUT2D eigenvalue weighted by molar-refractivity contribution is -0.139. The Morgan fingerprint density at radius 3 is 2.31 bits per heavy atom. The maximum Gasteiger partial charge on any atom is 0.264 e. The molecule has 0 aliphatic carbocycles. The van der Waals surface area contributed by atoms with Crippen molar-refractivity contribution in [1.82, 2.24) is 10.2 Å². The molecule has 0 heterocycles. The molecule has 1 atom stereocenters. The lowest BCUT2D eigenvalue weighted by atomic mass is 10.1. The van der Waals surface area contributed by atoms with E-state index in [0.717, 1.165) is 10.7 Å². The fraction of sp³-hybridized carbons (Fsp3) is 0.286. The minimum atomic E-state index is -4.21. The van der Waals surface area contributed by atoms with E-state index in [-0.39, 0.29) is 23.0 Å². The highest BCUT2D eigenvalue weighted by Crippen LogP contribution is 2.27. The molecule has 0 aliphatic heterocycles. The first-order valence-corrected chi connectivity index (χ1v) is 14.5. The number of ether oxygens (including phenoxy) is 1. The van der Waals surface area contributed by atoms with E-state index in [1.807, 2.05) is 6.92 Å². The maximum atomic E-state index is 13.9. The van der Waals surface area contributed by atoms with Crippen LogP contribution >= 0.6 is 23.2 Å². The summed E-state index contributed by atoms with van der Waals surface area (Å²) in [6, 6.07) is 18.1. The van der Waals surface area contributed by atoms with Gasteiger partial charge >= 0.3 is 0 Å². The van der Waals surface area contributed by atoms with Crippen molar-refractivity contribution in [1.29, 1.82) is 0 Å². The summed E-state index contributed by atoms with van der Waals surface area (Å²) in [7, 11) is -2.68. The topological polar surface area (TPSA) is 96.0 Å². The van der Waals surface area contributed by atoms with Gasteiger partial charge in [-0.1, -0.05) is 48.3 Å². The van der Waals surface area contributed by atoms with Crippen molar-refractivity contribution in [3.05, 3.63) is 88.4 Å². The predicted octanol–water partition coefficient (Wildman–Crippen LogP) is 5.14. The normalized spacial score (nSPS) is 11.9. The molecule has 0 aliphatic rings. The largest absolute Gasteiger partial charge is 0.497 e. The smallest absolute Gasteiger partial charge is 0.264 e. The summed E-state index contributed by atoms with van der Waals surface area (Å²) in [5, 5.41) is 3.48. The Kier molecular flexibility index (Phi) is 10.6. The lowest BCUT2D eigenvalue weighted by Crippen LogP contribution is -2.51. The summed E-state index contributed by atoms with van der Waals surface area (Å²) in [6.07, 6.45) is 0.726. The minimum absolute atomic E-state index is 0.0484. The molecule has 0 bridgehead atoms. The molecule has 0 saturated carbocycles. The summed E-state index contributed by atoms with van der Waals surface area (Å²) in [5.74, 6) is -0.328. The monoisotopic (exact) mass is 591 g/mol. The van der Waals surface area contributed by atoms with E-state index < -0.39 is 28.5 Å². The molecule has 0 unspecified atom stereocenters. The van der Waals surface area contributed by atoms with Crippen LogP contribution in [0.15, 0.2) is 77.7 Å². The van der Waals surface area contributed by atoms with E-state index in [4.69, 9.17) is 27.9 Å². The Bertz CT molecular complexity index is 1400. The standard InChI is InChI=1S/C28H31Cl2N3O5S/c1-4-15-31-28(35)20(2)32(18-21-7-5-10-25(16-21)38-3)27(34)19-33(24-9-6-8-23(30)17-24)39(36,37)26-13-11-22(29)12-14-26/h5-14,16-17,20H,4,15,18-19H2,1-3H3,(H,31,35)/t20-/m1/s1. The SMILES string of the molecule is CCCNC(=O)[C@@H](C)N(Cc1cccc(OC)c1)C(=O)CN(c1cccc(Cl)c1)S(=O)(=O)c1ccc(Cl)cc1. The van der Waals surface area contributed by atoms with Gasteiger partial charge in [-0.3, -0.25) is 13.9 Å². The Labute approximate surface area is 239 Å². The molecule has 8 nitrogen and oxygen atoms in total. The first-order valence-electron chi connectivity index (χ1n) is 12.3. The van der Waals surface area contributed by atoms with Crippen molar-refractivity contribution in [3.63, 3.8) is 0 Å². The number of halogens is 2. The lowest BCUT2D eigenvalue weighted by Gasteiger charge is -2.32. The van der Waals surface area contributed by atoms with Gasteiger partial charge in [-0.2, -0.15) is 0 Å². The molecule has 2 amide bonds. The molecular formula is C28H31Cl2N3O5S. The Hall–Kier alpha value is -3.27. The highest BCUT2D eigenvalue weighted by molar-refractivity contribution is 7.92. The van der Waals surface area contributed by atoms with Crippen molar-refractivity contribution in [3.8, 4) is 5.75 Å². The minimum Gasteiger partial charge on any atom is -0.497 e. The molecule has 0 aromatic heterocycles. The first-order chi connectivity index (χ1) is 18.6. The van der Waals surface area contributed by atoms with Crippen molar-refractivity contribution in [2.75, 3.05) is 24.5 Å². The van der Waals surface area contributed by atoms with Gasteiger partial charge in [0.25, 0.3) is 10.0 Å². The van der Waals surface area contributed by atoms with E-state index in [2.05, 4.69) is 5.32 Å². The van der Waals surface area contributed by atoms with Gasteiger partial charge in [0.1, 0.15) is 18.3 Å². The number of sulfonamides is 1. The van der Waals surface area contributed by atoms with E-state index in [1.54, 1.807) is 49.4 Å². The zero-order chi connectivity index (χ0) is 28.6. The zero-order valence-corrected chi connectivity index (χ0v) is 24.3. The third kappa shape index (κ3) is 7.88. The number of carbonyl (C=O) groups excluding carboxylic acids is 2. The third-order valence-electron chi connectivity index (χ3n) is 5.98. The molecule has 0 fully saturated rings. The van der Waals surface area contributed by atoms with Crippen molar-refractivity contribution >= 4 is 50.7 Å². The summed E-state index contributed by atoms with van der Waals surface area (Å²) >= 11 is 12.2. The molecule has 0 spiro atoms. The van der Waals surface area contributed by atoms with Gasteiger partial charge in [-0.15, -0.1) is 0 Å². The number of rotatable bonds is 12. The molecule has 0 radical (unpaired) electrons. The van der Waals surface area contributed by atoms with E-state index >= 15 is 0 Å². The highest BCUT2D eigenvalue weighted by atomic mass is 35.5. The van der Waals surface area contributed by atoms with Gasteiger partial charge in [0.15, 0.2) is 0 Å². The summed E-state index contributed by atoms with van der Waals surface area (Å²) in [4.78, 5) is 28.1. The Morgan fingerprint density at radius 1 is 0.974 bits per heavy atom. The van der Waals surface area contributed by atoms with Gasteiger partial charge in [-0.05, 0) is 73.5 Å². The molecule has 208 valence electrons. The van der Waals surface area contributed by atoms with Crippen LogP contribution in [-0.4, -0.2) is 51.4 Å². The van der Waals surface area contributed by atoms with Crippen LogP contribution in [0.5, 0.6) is 5.75 Å². The number of hydrogen-bond donors (Lipinski definition) is 1. The van der Waals surface area contributed by atoms with E-state index in [1.165, 1.54) is 42.3 Å². The van der Waals surface area contributed by atoms with Crippen molar-refractivity contribution in [2.24, 2.45) is 0 Å². The first kappa shape index (κ1) is 30.3. The van der Waals surface area contributed by atoms with Crippen LogP contribution in [0.2, 0.25) is 10.0 Å². The zero-order valence-electron chi connectivity index (χ0n) is 21.9. The fourth-order valence-corrected chi connectivity index (χ4v) is 5.56. The van der Waals surface area contributed by atoms with E-state index in [0.29, 0.717) is 27.9 Å². The average Bonchev–Trinajstić information content (AvgIpc) is 2.93. The second-order valence-electron chi connectivity index (χ2n) is 8.79. The van der Waals surface area contributed by atoms with Crippen LogP contribution < -0.4 is 14.4 Å². The van der Waals surface area contributed by atoms with Crippen LogP contribution in [0, 0.1) is 0 Å². The number of benzene rings is 3. The van der Waals surface area contributed by atoms with Gasteiger partial charge in [0.05, 0.1) is 17.7 Å². The highest BCUT2D eigenvalue weighted by Gasteiger charge is 2.32.